The van der Waals surface area contributed by atoms with Gasteiger partial charge in [-0.3, -0.25) is 0 Å². The number of hydrogen-bond donors (Lipinski definition) is 0. The highest BCUT2D eigenvalue weighted by Crippen LogP contribution is 2.55. The second-order valence-electron chi connectivity index (χ2n) is 9.79. The molecule has 1 nitrogen and oxygen atoms in total. The molecule has 0 unspecified atom stereocenters. The van der Waals surface area contributed by atoms with Gasteiger partial charge in [0.2, 0.25) is 0 Å². The van der Waals surface area contributed by atoms with Crippen molar-refractivity contribution >= 4 is 38.5 Å². The number of fused-ring (bicyclic) bond motifs is 1. The first-order chi connectivity index (χ1) is 19.9. The molecule has 7 aromatic rings. The van der Waals surface area contributed by atoms with Crippen molar-refractivity contribution in [1.82, 2.24) is 0 Å². The molecule has 0 N–H and O–H groups in total. The van der Waals surface area contributed by atoms with Crippen LogP contribution >= 0.6 is 11.3 Å². The first-order valence-corrected chi connectivity index (χ1v) is 14.4. The van der Waals surface area contributed by atoms with Crippen LogP contribution in [0.4, 0.5) is 16.4 Å². The van der Waals surface area contributed by atoms with E-state index in [0.29, 0.717) is 0 Å². The van der Waals surface area contributed by atoms with Crippen LogP contribution in [0, 0.1) is 0 Å². The smallest absolute Gasteiger partial charge is 0.109 e. The van der Waals surface area contributed by atoms with E-state index < -0.39 is 0 Å². The number of hydrogen-bond acceptors (Lipinski definition) is 2. The number of nitrogens with zero attached hydrogens (tertiary/aromatic N) is 1. The van der Waals surface area contributed by atoms with E-state index in [4.69, 9.17) is 0 Å². The zero-order valence-corrected chi connectivity index (χ0v) is 22.8. The fourth-order valence-corrected chi connectivity index (χ4v) is 6.79. The van der Waals surface area contributed by atoms with Gasteiger partial charge in [0.25, 0.3) is 0 Å². The Morgan fingerprint density at radius 1 is 0.375 bits per heavy atom. The molecule has 6 aromatic carbocycles. The quantitative estimate of drug-likeness (QED) is 0.207. The highest BCUT2D eigenvalue weighted by Gasteiger charge is 2.27. The average Bonchev–Trinajstić information content (AvgIpc) is 3.43. The van der Waals surface area contributed by atoms with Crippen molar-refractivity contribution in [3.63, 3.8) is 0 Å². The molecule has 0 fully saturated rings. The van der Waals surface area contributed by atoms with Gasteiger partial charge in [0.05, 0.1) is 0 Å². The van der Waals surface area contributed by atoms with Gasteiger partial charge in [-0.2, -0.15) is 0 Å². The van der Waals surface area contributed by atoms with Crippen molar-refractivity contribution < 1.29 is 0 Å². The Kier molecular flexibility index (Phi) is 6.45. The summed E-state index contributed by atoms with van der Waals surface area (Å²) in [4.78, 5) is 3.69. The van der Waals surface area contributed by atoms with Gasteiger partial charge in [0.15, 0.2) is 0 Å². The second kappa shape index (κ2) is 10.7. The zero-order chi connectivity index (χ0) is 26.7. The molecule has 1 heterocycles. The largest absolute Gasteiger partial charge is 0.301 e. The maximum atomic E-state index is 2.43. The predicted molar refractivity (Wildman–Crippen MR) is 173 cm³/mol. The van der Waals surface area contributed by atoms with Crippen LogP contribution in [0.5, 0.6) is 0 Å². The van der Waals surface area contributed by atoms with Crippen molar-refractivity contribution in [2.45, 2.75) is 0 Å². The fourth-order valence-electron chi connectivity index (χ4n) is 5.40. The van der Waals surface area contributed by atoms with E-state index in [-0.39, 0.29) is 0 Å². The second-order valence-corrected chi connectivity index (χ2v) is 10.8. The van der Waals surface area contributed by atoms with E-state index >= 15 is 0 Å². The maximum absolute atomic E-state index is 2.43. The molecule has 0 aliphatic heterocycles. The molecule has 1 aromatic heterocycles. The molecule has 0 aliphatic rings. The summed E-state index contributed by atoms with van der Waals surface area (Å²) >= 11 is 1.86. The van der Waals surface area contributed by atoms with Gasteiger partial charge in [0, 0.05) is 27.4 Å². The standard InChI is InChI=1S/C38H27NS/c1-5-16-29(17-6-1)35-36(30-18-7-2-8-19-30)38(40-37(35)31-20-9-3-10-21-31)39(33-23-11-4-12-24-33)34-26-25-28-15-13-14-22-32(28)27-34/h1-27H. The van der Waals surface area contributed by atoms with Crippen LogP contribution in [-0.4, -0.2) is 0 Å². The third-order valence-corrected chi connectivity index (χ3v) is 8.48. The normalized spacial score (nSPS) is 11.0. The van der Waals surface area contributed by atoms with Crippen molar-refractivity contribution in [3.05, 3.63) is 164 Å². The Bertz CT molecular complexity index is 1870. The van der Waals surface area contributed by atoms with E-state index in [1.165, 1.54) is 48.5 Å². The summed E-state index contributed by atoms with van der Waals surface area (Å²) in [5.74, 6) is 0. The van der Waals surface area contributed by atoms with E-state index in [0.717, 1.165) is 11.4 Å². The summed E-state index contributed by atoms with van der Waals surface area (Å²) in [5, 5.41) is 3.67. The molecule has 0 spiro atoms. The lowest BCUT2D eigenvalue weighted by Crippen LogP contribution is -2.09. The number of para-hydroxylation sites is 1. The van der Waals surface area contributed by atoms with Crippen LogP contribution < -0.4 is 4.90 Å². The minimum absolute atomic E-state index is 1.13. The molecule has 0 radical (unpaired) electrons. The van der Waals surface area contributed by atoms with Gasteiger partial charge in [-0.05, 0) is 51.7 Å². The monoisotopic (exact) mass is 529 g/mol. The SMILES string of the molecule is c1ccc(-c2sc(N(c3ccccc3)c3ccc4ccccc4c3)c(-c3ccccc3)c2-c2ccccc2)cc1. The van der Waals surface area contributed by atoms with E-state index in [9.17, 15) is 0 Å². The number of anilines is 3. The van der Waals surface area contributed by atoms with Crippen LogP contribution in [0.1, 0.15) is 0 Å². The molecule has 40 heavy (non-hydrogen) atoms. The molecule has 7 rings (SSSR count). The molecule has 0 aliphatic carbocycles. The summed E-state index contributed by atoms with van der Waals surface area (Å²) in [6.45, 7) is 0. The molecule has 190 valence electrons. The molecule has 0 amide bonds. The molecule has 0 atom stereocenters. The van der Waals surface area contributed by atoms with Crippen molar-refractivity contribution in [3.8, 4) is 32.7 Å². The summed E-state index contributed by atoms with van der Waals surface area (Å²) in [5.41, 5.74) is 8.43. The highest BCUT2D eigenvalue weighted by molar-refractivity contribution is 7.21. The van der Waals surface area contributed by atoms with Gasteiger partial charge in [-0.25, -0.2) is 0 Å². The van der Waals surface area contributed by atoms with Gasteiger partial charge in [-0.15, -0.1) is 11.3 Å². The Balaban J connectivity index is 1.58. The summed E-state index contributed by atoms with van der Waals surface area (Å²) in [7, 11) is 0. The fraction of sp³-hybridized carbons (Fsp3) is 0. The Morgan fingerprint density at radius 3 is 1.50 bits per heavy atom. The summed E-state index contributed by atoms with van der Waals surface area (Å²) in [6, 6.07) is 58.5. The number of thiophene rings is 1. The van der Waals surface area contributed by atoms with Crippen LogP contribution in [0.2, 0.25) is 0 Å². The average molecular weight is 530 g/mol. The molecule has 0 saturated heterocycles. The number of rotatable bonds is 6. The molecule has 0 bridgehead atoms. The van der Waals surface area contributed by atoms with E-state index in [1.54, 1.807) is 0 Å². The number of benzene rings is 6. The maximum Gasteiger partial charge on any atom is 0.109 e. The Morgan fingerprint density at radius 2 is 0.875 bits per heavy atom. The van der Waals surface area contributed by atoms with Gasteiger partial charge in [0.1, 0.15) is 5.00 Å². The van der Waals surface area contributed by atoms with E-state index in [1.807, 2.05) is 11.3 Å². The lowest BCUT2D eigenvalue weighted by atomic mass is 9.93. The van der Waals surface area contributed by atoms with Crippen molar-refractivity contribution in [1.29, 1.82) is 0 Å². The molecular formula is C38H27NS. The first-order valence-electron chi connectivity index (χ1n) is 13.5. The molecule has 0 saturated carbocycles. The lowest BCUT2D eigenvalue weighted by Gasteiger charge is -2.26. The third kappa shape index (κ3) is 4.49. The minimum Gasteiger partial charge on any atom is -0.301 e. The van der Waals surface area contributed by atoms with Gasteiger partial charge < -0.3 is 4.90 Å². The molecule has 2 heteroatoms. The van der Waals surface area contributed by atoms with Crippen LogP contribution in [0.3, 0.4) is 0 Å². The summed E-state index contributed by atoms with van der Waals surface area (Å²) in [6.07, 6.45) is 0. The minimum atomic E-state index is 1.13. The predicted octanol–water partition coefficient (Wildman–Crippen LogP) is 11.4. The zero-order valence-electron chi connectivity index (χ0n) is 21.9. The molecular weight excluding hydrogens is 502 g/mol. The van der Waals surface area contributed by atoms with Crippen LogP contribution in [0.25, 0.3) is 43.5 Å². The van der Waals surface area contributed by atoms with Crippen LogP contribution in [0.15, 0.2) is 164 Å². The first kappa shape index (κ1) is 24.1. The highest BCUT2D eigenvalue weighted by atomic mass is 32.1. The topological polar surface area (TPSA) is 3.24 Å². The third-order valence-electron chi connectivity index (χ3n) is 7.26. The Hall–Kier alpha value is -4.92. The van der Waals surface area contributed by atoms with Crippen LogP contribution in [-0.2, 0) is 0 Å². The Labute approximate surface area is 239 Å². The van der Waals surface area contributed by atoms with E-state index in [2.05, 4.69) is 169 Å². The van der Waals surface area contributed by atoms with Gasteiger partial charge in [-0.1, -0.05) is 140 Å². The van der Waals surface area contributed by atoms with Gasteiger partial charge >= 0.3 is 0 Å². The summed E-state index contributed by atoms with van der Waals surface area (Å²) < 4.78 is 0. The van der Waals surface area contributed by atoms with Crippen molar-refractivity contribution in [2.75, 3.05) is 4.90 Å². The lowest BCUT2D eigenvalue weighted by molar-refractivity contribution is 1.32. The van der Waals surface area contributed by atoms with Crippen molar-refractivity contribution in [2.24, 2.45) is 0 Å².